The number of carbonyl (C=O) groups excluding carboxylic acids is 2. The quantitative estimate of drug-likeness (QED) is 0.544. The van der Waals surface area contributed by atoms with Crippen LogP contribution in [0.1, 0.15) is 18.9 Å². The smallest absolute Gasteiger partial charge is 0.250 e. The Morgan fingerprint density at radius 1 is 0.935 bits per heavy atom. The van der Waals surface area contributed by atoms with Crippen LogP contribution >= 0.6 is 11.8 Å². The molecule has 3 aromatic rings. The minimum atomic E-state index is -0.813. The summed E-state index contributed by atoms with van der Waals surface area (Å²) >= 11 is 1.59. The van der Waals surface area contributed by atoms with Crippen molar-refractivity contribution in [2.45, 2.75) is 30.2 Å². The van der Waals surface area contributed by atoms with Gasteiger partial charge in [0.15, 0.2) is 0 Å². The maximum absolute atomic E-state index is 13.0. The highest BCUT2D eigenvalue weighted by molar-refractivity contribution is 7.98. The van der Waals surface area contributed by atoms with Gasteiger partial charge in [0, 0.05) is 11.4 Å². The summed E-state index contributed by atoms with van der Waals surface area (Å²) in [5.41, 5.74) is 3.20. The predicted octanol–water partition coefficient (Wildman–Crippen LogP) is 5.25. The van der Waals surface area contributed by atoms with Crippen LogP contribution in [0, 0.1) is 0 Å². The first-order chi connectivity index (χ1) is 15.0. The van der Waals surface area contributed by atoms with Crippen LogP contribution in [0.5, 0.6) is 0 Å². The van der Waals surface area contributed by atoms with E-state index in [1.54, 1.807) is 16.7 Å². The number of hydrogen-bond acceptors (Lipinski definition) is 3. The lowest BCUT2D eigenvalue weighted by atomic mass is 9.84. The third-order valence-electron chi connectivity index (χ3n) is 5.98. The summed E-state index contributed by atoms with van der Waals surface area (Å²) in [6, 6.07) is 26.0. The molecular formula is C26H26N2O2S. The average Bonchev–Trinajstić information content (AvgIpc) is 2.79. The maximum Gasteiger partial charge on any atom is 0.250 e. The second-order valence-corrected chi connectivity index (χ2v) is 8.81. The van der Waals surface area contributed by atoms with E-state index in [1.165, 1.54) is 0 Å². The van der Waals surface area contributed by atoms with Gasteiger partial charge in [-0.3, -0.25) is 9.59 Å². The highest BCUT2D eigenvalue weighted by Crippen LogP contribution is 2.34. The monoisotopic (exact) mass is 430 g/mol. The standard InChI is InChI=1S/C26H26N2O2S/c1-26(25(30)27-22-10-6-7-11-23(22)31-2)16-17-28(26)24(29)18-19-12-14-21(15-13-19)20-8-4-3-5-9-20/h3-15H,16-18H2,1-2H3,(H,27,30). The molecule has 1 saturated heterocycles. The largest absolute Gasteiger partial charge is 0.328 e. The van der Waals surface area contributed by atoms with E-state index in [2.05, 4.69) is 17.4 Å². The molecule has 1 unspecified atom stereocenters. The number of rotatable bonds is 6. The predicted molar refractivity (Wildman–Crippen MR) is 127 cm³/mol. The summed E-state index contributed by atoms with van der Waals surface area (Å²) in [7, 11) is 0. The second-order valence-electron chi connectivity index (χ2n) is 7.96. The molecule has 4 rings (SSSR count). The van der Waals surface area contributed by atoms with Gasteiger partial charge >= 0.3 is 0 Å². The first kappa shape index (κ1) is 21.2. The lowest BCUT2D eigenvalue weighted by Gasteiger charge is -2.49. The van der Waals surface area contributed by atoms with Gasteiger partial charge in [-0.05, 0) is 48.4 Å². The number of nitrogens with zero attached hydrogens (tertiary/aromatic N) is 1. The van der Waals surface area contributed by atoms with Crippen LogP contribution in [-0.4, -0.2) is 35.1 Å². The normalized spacial score (nSPS) is 17.7. The Hall–Kier alpha value is -3.05. The zero-order chi connectivity index (χ0) is 21.8. The third kappa shape index (κ3) is 4.37. The first-order valence-corrected chi connectivity index (χ1v) is 11.6. The lowest BCUT2D eigenvalue weighted by molar-refractivity contribution is -0.154. The van der Waals surface area contributed by atoms with Crippen LogP contribution in [0.15, 0.2) is 83.8 Å². The Kier molecular flexibility index (Phi) is 6.14. The van der Waals surface area contributed by atoms with Gasteiger partial charge in [-0.15, -0.1) is 11.8 Å². The molecule has 1 heterocycles. The van der Waals surface area contributed by atoms with Gasteiger partial charge in [0.2, 0.25) is 11.8 Å². The second kappa shape index (κ2) is 8.98. The Morgan fingerprint density at radius 2 is 1.58 bits per heavy atom. The minimum Gasteiger partial charge on any atom is -0.328 e. The molecule has 31 heavy (non-hydrogen) atoms. The van der Waals surface area contributed by atoms with E-state index in [0.717, 1.165) is 27.3 Å². The number of para-hydroxylation sites is 1. The van der Waals surface area contributed by atoms with Crippen molar-refractivity contribution < 1.29 is 9.59 Å². The van der Waals surface area contributed by atoms with Crippen molar-refractivity contribution >= 4 is 29.3 Å². The van der Waals surface area contributed by atoms with Gasteiger partial charge in [-0.25, -0.2) is 0 Å². The number of anilines is 1. The fraction of sp³-hybridized carbons (Fsp3) is 0.231. The Labute approximate surface area is 187 Å². The molecule has 3 aromatic carbocycles. The molecule has 0 aromatic heterocycles. The van der Waals surface area contributed by atoms with Crippen molar-refractivity contribution in [1.82, 2.24) is 4.90 Å². The Bertz CT molecular complexity index is 1080. The van der Waals surface area contributed by atoms with E-state index in [1.807, 2.05) is 79.9 Å². The molecule has 1 fully saturated rings. The average molecular weight is 431 g/mol. The van der Waals surface area contributed by atoms with Gasteiger partial charge in [0.05, 0.1) is 12.1 Å². The van der Waals surface area contributed by atoms with Gasteiger partial charge in [0.1, 0.15) is 5.54 Å². The SMILES string of the molecule is CSc1ccccc1NC(=O)C1(C)CCN1C(=O)Cc1ccc(-c2ccccc2)cc1. The van der Waals surface area contributed by atoms with Crippen LogP contribution in [0.25, 0.3) is 11.1 Å². The molecule has 0 spiro atoms. The number of carbonyl (C=O) groups is 2. The molecule has 1 atom stereocenters. The number of benzene rings is 3. The molecule has 0 bridgehead atoms. The fourth-order valence-corrected chi connectivity index (χ4v) is 4.47. The molecule has 1 N–H and O–H groups in total. The van der Waals surface area contributed by atoms with Crippen molar-refractivity contribution in [1.29, 1.82) is 0 Å². The molecule has 1 aliphatic heterocycles. The molecular weight excluding hydrogens is 404 g/mol. The molecule has 0 saturated carbocycles. The van der Waals surface area contributed by atoms with Crippen LogP contribution in [0.2, 0.25) is 0 Å². The molecule has 0 aliphatic carbocycles. The van der Waals surface area contributed by atoms with E-state index < -0.39 is 5.54 Å². The van der Waals surface area contributed by atoms with Gasteiger partial charge < -0.3 is 10.2 Å². The summed E-state index contributed by atoms with van der Waals surface area (Å²) in [4.78, 5) is 28.7. The van der Waals surface area contributed by atoms with E-state index in [9.17, 15) is 9.59 Å². The summed E-state index contributed by atoms with van der Waals surface area (Å²) in [5.74, 6) is -0.150. The third-order valence-corrected chi connectivity index (χ3v) is 6.78. The van der Waals surface area contributed by atoms with Gasteiger partial charge in [-0.1, -0.05) is 66.7 Å². The van der Waals surface area contributed by atoms with Crippen molar-refractivity contribution in [3.8, 4) is 11.1 Å². The Morgan fingerprint density at radius 3 is 2.23 bits per heavy atom. The van der Waals surface area contributed by atoms with Crippen molar-refractivity contribution in [2.75, 3.05) is 18.1 Å². The summed E-state index contributed by atoms with van der Waals surface area (Å²) in [5, 5.41) is 3.02. The van der Waals surface area contributed by atoms with Crippen LogP contribution in [0.3, 0.4) is 0 Å². The first-order valence-electron chi connectivity index (χ1n) is 10.4. The fourth-order valence-electron chi connectivity index (χ4n) is 3.92. The van der Waals surface area contributed by atoms with E-state index in [-0.39, 0.29) is 11.8 Å². The lowest BCUT2D eigenvalue weighted by Crippen LogP contribution is -2.66. The van der Waals surface area contributed by atoms with Gasteiger partial charge in [-0.2, -0.15) is 0 Å². The zero-order valence-electron chi connectivity index (χ0n) is 17.8. The number of thioether (sulfide) groups is 1. The number of amides is 2. The Balaban J connectivity index is 1.42. The minimum absolute atomic E-state index is 0.0190. The van der Waals surface area contributed by atoms with Crippen LogP contribution in [0.4, 0.5) is 5.69 Å². The van der Waals surface area contributed by atoms with E-state index in [0.29, 0.717) is 19.4 Å². The number of hydrogen-bond donors (Lipinski definition) is 1. The molecule has 158 valence electrons. The van der Waals surface area contributed by atoms with Crippen LogP contribution in [-0.2, 0) is 16.0 Å². The van der Waals surface area contributed by atoms with E-state index in [4.69, 9.17) is 0 Å². The number of nitrogens with one attached hydrogen (secondary N) is 1. The highest BCUT2D eigenvalue weighted by atomic mass is 32.2. The zero-order valence-corrected chi connectivity index (χ0v) is 18.6. The molecule has 1 aliphatic rings. The maximum atomic E-state index is 13.0. The van der Waals surface area contributed by atoms with Crippen molar-refractivity contribution in [3.63, 3.8) is 0 Å². The summed E-state index contributed by atoms with van der Waals surface area (Å²) in [6.07, 6.45) is 2.94. The molecule has 4 nitrogen and oxygen atoms in total. The summed E-state index contributed by atoms with van der Waals surface area (Å²) < 4.78 is 0. The van der Waals surface area contributed by atoms with Crippen molar-refractivity contribution in [3.05, 3.63) is 84.4 Å². The highest BCUT2D eigenvalue weighted by Gasteiger charge is 2.49. The number of likely N-dealkylation sites (tertiary alicyclic amines) is 1. The van der Waals surface area contributed by atoms with Crippen LogP contribution < -0.4 is 5.32 Å². The van der Waals surface area contributed by atoms with Gasteiger partial charge in [0.25, 0.3) is 0 Å². The van der Waals surface area contributed by atoms with Crippen molar-refractivity contribution in [2.24, 2.45) is 0 Å². The summed E-state index contributed by atoms with van der Waals surface area (Å²) in [6.45, 7) is 2.46. The molecule has 0 radical (unpaired) electrons. The molecule has 5 heteroatoms. The molecule has 2 amide bonds. The topological polar surface area (TPSA) is 49.4 Å². The van der Waals surface area contributed by atoms with E-state index >= 15 is 0 Å².